The molecule has 0 spiro atoms. The molecule has 2 aromatic rings. The van der Waals surface area contributed by atoms with E-state index in [1.54, 1.807) is 4.90 Å². The van der Waals surface area contributed by atoms with Crippen LogP contribution in [0, 0.1) is 0 Å². The quantitative estimate of drug-likeness (QED) is 0.272. The second-order valence-electron chi connectivity index (χ2n) is 17.4. The number of ether oxygens (including phenoxy) is 4. The van der Waals surface area contributed by atoms with E-state index in [9.17, 15) is 14.4 Å². The number of alkyl carbamates (subject to hydrolysis) is 1. The molecular weight excluding hydrogens is 660 g/mol. The molecule has 286 valence electrons. The van der Waals surface area contributed by atoms with Crippen LogP contribution in [0.4, 0.5) is 20.1 Å². The molecule has 1 N–H and O–H groups in total. The molecule has 2 saturated carbocycles. The third kappa shape index (κ3) is 11.4. The molecule has 3 amide bonds. The summed E-state index contributed by atoms with van der Waals surface area (Å²) in [4.78, 5) is 44.5. The number of carbonyl (C=O) groups excluding carboxylic acids is 3. The van der Waals surface area contributed by atoms with Crippen LogP contribution in [0.25, 0.3) is 0 Å². The summed E-state index contributed by atoms with van der Waals surface area (Å²) in [5, 5.41) is 3.01. The normalized spacial score (nSPS) is 22.2. The Hall–Kier alpha value is -4.15. The Bertz CT molecular complexity index is 1530. The number of amides is 3. The maximum Gasteiger partial charge on any atom is 0.410 e. The van der Waals surface area contributed by atoms with Gasteiger partial charge in [0, 0.05) is 55.9 Å². The molecule has 1 aliphatic heterocycles. The highest BCUT2D eigenvalue weighted by molar-refractivity contribution is 5.70. The lowest BCUT2D eigenvalue weighted by Gasteiger charge is -2.38. The van der Waals surface area contributed by atoms with Crippen LogP contribution in [0.1, 0.15) is 111 Å². The SMILES string of the molecule is CC(C)(C)OC(=O)NC1CCC(N(C(=O)OC(C)(C)C)[C@@H]2C[C@H]2c2ccc(OCc3cccc(N4CCN(C(=O)OC(C)(C)C)CC4)c3)cc2)CC1. The zero-order valence-electron chi connectivity index (χ0n) is 32.7. The Kier molecular flexibility index (Phi) is 11.9. The first-order valence-corrected chi connectivity index (χ1v) is 18.9. The fourth-order valence-electron chi connectivity index (χ4n) is 6.98. The summed E-state index contributed by atoms with van der Waals surface area (Å²) in [5.74, 6) is 1.02. The van der Waals surface area contributed by atoms with E-state index in [0.717, 1.165) is 62.2 Å². The number of benzene rings is 2. The minimum atomic E-state index is -0.593. The van der Waals surface area contributed by atoms with Gasteiger partial charge in [-0.15, -0.1) is 0 Å². The molecule has 3 aliphatic rings. The lowest BCUT2D eigenvalue weighted by atomic mass is 9.90. The van der Waals surface area contributed by atoms with E-state index < -0.39 is 22.9 Å². The van der Waals surface area contributed by atoms with Crippen molar-refractivity contribution < 1.29 is 33.3 Å². The van der Waals surface area contributed by atoms with Gasteiger partial charge >= 0.3 is 18.3 Å². The van der Waals surface area contributed by atoms with Crippen LogP contribution in [0.5, 0.6) is 5.75 Å². The Labute approximate surface area is 310 Å². The zero-order chi connectivity index (χ0) is 37.8. The molecule has 2 aliphatic carbocycles. The summed E-state index contributed by atoms with van der Waals surface area (Å²) in [6, 6.07) is 16.7. The zero-order valence-corrected chi connectivity index (χ0v) is 32.7. The Morgan fingerprint density at radius 1 is 0.769 bits per heavy atom. The second-order valence-corrected chi connectivity index (χ2v) is 17.4. The third-order valence-corrected chi connectivity index (χ3v) is 9.45. The van der Waals surface area contributed by atoms with Crippen LogP contribution < -0.4 is 15.0 Å². The Morgan fingerprint density at radius 2 is 1.38 bits per heavy atom. The summed E-state index contributed by atoms with van der Waals surface area (Å²) in [6.45, 7) is 20.1. The minimum Gasteiger partial charge on any atom is -0.489 e. The predicted octanol–water partition coefficient (Wildman–Crippen LogP) is 8.25. The molecule has 0 bridgehead atoms. The van der Waals surface area contributed by atoms with Gasteiger partial charge in [0.1, 0.15) is 29.2 Å². The van der Waals surface area contributed by atoms with Gasteiger partial charge in [-0.2, -0.15) is 0 Å². The van der Waals surface area contributed by atoms with Crippen molar-refractivity contribution in [3.63, 3.8) is 0 Å². The van der Waals surface area contributed by atoms with E-state index in [1.807, 2.05) is 85.4 Å². The van der Waals surface area contributed by atoms with Gasteiger partial charge < -0.3 is 39.0 Å². The number of nitrogens with one attached hydrogen (secondary N) is 1. The van der Waals surface area contributed by atoms with Crippen LogP contribution >= 0.6 is 0 Å². The van der Waals surface area contributed by atoms with Crippen molar-refractivity contribution in [2.45, 2.75) is 142 Å². The average Bonchev–Trinajstić information content (AvgIpc) is 3.83. The smallest absolute Gasteiger partial charge is 0.410 e. The van der Waals surface area contributed by atoms with E-state index >= 15 is 0 Å². The van der Waals surface area contributed by atoms with Gasteiger partial charge in [0.05, 0.1) is 0 Å². The molecule has 5 rings (SSSR count). The number of hydrogen-bond donors (Lipinski definition) is 1. The van der Waals surface area contributed by atoms with E-state index in [2.05, 4.69) is 40.5 Å². The van der Waals surface area contributed by atoms with Gasteiger partial charge in [-0.25, -0.2) is 14.4 Å². The van der Waals surface area contributed by atoms with Crippen LogP contribution in [0.2, 0.25) is 0 Å². The highest BCUT2D eigenvalue weighted by Gasteiger charge is 2.49. The van der Waals surface area contributed by atoms with Gasteiger partial charge in [0.15, 0.2) is 0 Å². The van der Waals surface area contributed by atoms with E-state index in [4.69, 9.17) is 18.9 Å². The lowest BCUT2D eigenvalue weighted by molar-refractivity contribution is 0.00739. The molecular formula is C41H60N4O7. The molecule has 11 heteroatoms. The fraction of sp³-hybridized carbons (Fsp3) is 0.634. The first kappa shape index (κ1) is 39.1. The van der Waals surface area contributed by atoms with Crippen LogP contribution in [0.15, 0.2) is 48.5 Å². The van der Waals surface area contributed by atoms with Crippen LogP contribution in [-0.4, -0.2) is 89.2 Å². The maximum absolute atomic E-state index is 13.6. The van der Waals surface area contributed by atoms with Gasteiger partial charge in [0.25, 0.3) is 0 Å². The Balaban J connectivity index is 1.13. The molecule has 11 nitrogen and oxygen atoms in total. The van der Waals surface area contributed by atoms with Crippen molar-refractivity contribution in [2.24, 2.45) is 0 Å². The van der Waals surface area contributed by atoms with Gasteiger partial charge in [-0.05, 0) is 130 Å². The summed E-state index contributed by atoms with van der Waals surface area (Å²) in [7, 11) is 0. The highest BCUT2D eigenvalue weighted by Crippen LogP contribution is 2.47. The standard InChI is InChI=1S/C41H60N4O7/c1-39(2,3)50-36(46)42-30-15-17-31(18-16-30)45(38(48)52-41(7,8)9)35-26-34(35)29-13-19-33(20-14-29)49-27-28-11-10-12-32(25-28)43-21-23-44(24-22-43)37(47)51-40(4,5)6/h10-14,19-20,25,30-31,34-35H,15-18,21-24,26-27H2,1-9H3,(H,42,46)/t30?,31?,34-,35+/m0/s1. The largest absolute Gasteiger partial charge is 0.489 e. The number of piperazine rings is 1. The van der Waals surface area contributed by atoms with Crippen LogP contribution in [-0.2, 0) is 20.8 Å². The molecule has 1 saturated heterocycles. The predicted molar refractivity (Wildman–Crippen MR) is 202 cm³/mol. The minimum absolute atomic E-state index is 0.0261. The first-order chi connectivity index (χ1) is 24.3. The van der Waals surface area contributed by atoms with Crippen LogP contribution in [0.3, 0.4) is 0 Å². The number of anilines is 1. The summed E-state index contributed by atoms with van der Waals surface area (Å²) < 4.78 is 23.1. The van der Waals surface area contributed by atoms with Gasteiger partial charge in [-0.1, -0.05) is 24.3 Å². The molecule has 52 heavy (non-hydrogen) atoms. The van der Waals surface area contributed by atoms with Crippen molar-refractivity contribution in [1.29, 1.82) is 0 Å². The first-order valence-electron chi connectivity index (χ1n) is 18.9. The number of rotatable bonds is 8. The lowest BCUT2D eigenvalue weighted by Crippen LogP contribution is -2.50. The molecule has 1 heterocycles. The van der Waals surface area contributed by atoms with Crippen molar-refractivity contribution in [3.05, 3.63) is 59.7 Å². The molecule has 0 radical (unpaired) electrons. The second kappa shape index (κ2) is 15.8. The molecule has 0 unspecified atom stereocenters. The average molecular weight is 721 g/mol. The number of hydrogen-bond acceptors (Lipinski definition) is 8. The summed E-state index contributed by atoms with van der Waals surface area (Å²) >= 11 is 0. The molecule has 2 aromatic carbocycles. The summed E-state index contributed by atoms with van der Waals surface area (Å²) in [5.41, 5.74) is 1.72. The topological polar surface area (TPSA) is 110 Å². The van der Waals surface area contributed by atoms with Crippen molar-refractivity contribution in [1.82, 2.24) is 15.1 Å². The highest BCUT2D eigenvalue weighted by atomic mass is 16.6. The van der Waals surface area contributed by atoms with E-state index in [1.165, 1.54) is 5.56 Å². The number of nitrogens with zero attached hydrogens (tertiary/aromatic N) is 3. The molecule has 2 atom stereocenters. The van der Waals surface area contributed by atoms with Crippen molar-refractivity contribution in [2.75, 3.05) is 31.1 Å². The molecule has 3 fully saturated rings. The van der Waals surface area contributed by atoms with E-state index in [0.29, 0.717) is 19.7 Å². The Morgan fingerprint density at radius 3 is 1.98 bits per heavy atom. The van der Waals surface area contributed by atoms with Crippen molar-refractivity contribution >= 4 is 24.0 Å². The number of carbonyl (C=O) groups is 3. The van der Waals surface area contributed by atoms with Gasteiger partial charge in [0.2, 0.25) is 0 Å². The van der Waals surface area contributed by atoms with Crippen molar-refractivity contribution in [3.8, 4) is 5.75 Å². The fourth-order valence-corrected chi connectivity index (χ4v) is 6.98. The maximum atomic E-state index is 13.6. The molecule has 0 aromatic heterocycles. The summed E-state index contributed by atoms with van der Waals surface area (Å²) in [6.07, 6.45) is 3.10. The monoisotopic (exact) mass is 720 g/mol. The third-order valence-electron chi connectivity index (χ3n) is 9.45. The van der Waals surface area contributed by atoms with E-state index in [-0.39, 0.29) is 36.2 Å². The van der Waals surface area contributed by atoms with Gasteiger partial charge in [-0.3, -0.25) is 0 Å².